The molecule has 8 heteroatoms. The van der Waals surface area contributed by atoms with E-state index in [2.05, 4.69) is 16.3 Å². The Hall–Kier alpha value is -2.09. The summed E-state index contributed by atoms with van der Waals surface area (Å²) in [6, 6.07) is 12.0. The van der Waals surface area contributed by atoms with Gasteiger partial charge < -0.3 is 10.2 Å². The summed E-state index contributed by atoms with van der Waals surface area (Å²) in [5.74, 6) is -0.235. The Morgan fingerprint density at radius 1 is 1.21 bits per heavy atom. The van der Waals surface area contributed by atoms with E-state index in [1.54, 1.807) is 13.8 Å². The van der Waals surface area contributed by atoms with Gasteiger partial charge in [0.2, 0.25) is 15.9 Å². The van der Waals surface area contributed by atoms with Gasteiger partial charge in [0.05, 0.1) is 15.6 Å². The number of rotatable bonds is 7. The van der Waals surface area contributed by atoms with E-state index < -0.39 is 16.1 Å². The predicted octanol–water partition coefficient (Wildman–Crippen LogP) is 3.76. The van der Waals surface area contributed by atoms with Gasteiger partial charge in [-0.3, -0.25) is 4.79 Å². The van der Waals surface area contributed by atoms with Gasteiger partial charge in [-0.1, -0.05) is 43.6 Å². The summed E-state index contributed by atoms with van der Waals surface area (Å²) >= 11 is 6.25. The molecule has 0 spiro atoms. The average molecular weight is 436 g/mol. The summed E-state index contributed by atoms with van der Waals surface area (Å²) in [4.78, 5) is 15.1. The molecule has 3 rings (SSSR count). The molecule has 0 unspecified atom stereocenters. The fourth-order valence-electron chi connectivity index (χ4n) is 3.62. The molecule has 1 heterocycles. The topological polar surface area (TPSA) is 69.7 Å². The van der Waals surface area contributed by atoms with Crippen LogP contribution in [0.15, 0.2) is 47.4 Å². The van der Waals surface area contributed by atoms with Gasteiger partial charge in [0.25, 0.3) is 0 Å². The van der Waals surface area contributed by atoms with Crippen molar-refractivity contribution in [1.82, 2.24) is 4.31 Å². The summed E-state index contributed by atoms with van der Waals surface area (Å²) in [6.07, 6.45) is 0.895. The number of benzene rings is 2. The standard InChI is InChI=1S/C21H26ClN3O3S/c1-4-24(5-2)29(27,28)17-10-11-18(22)19(14-17)23-21(26)15(3)25-13-12-16-8-6-7-9-20(16)25/h6-11,14-15H,4-5,12-13H2,1-3H3,(H,23,26)/t15-/m1/s1. The van der Waals surface area contributed by atoms with E-state index in [0.717, 1.165) is 18.7 Å². The van der Waals surface area contributed by atoms with Crippen molar-refractivity contribution in [2.45, 2.75) is 38.1 Å². The Morgan fingerprint density at radius 2 is 1.90 bits per heavy atom. The molecule has 1 atom stereocenters. The highest BCUT2D eigenvalue weighted by Gasteiger charge is 2.28. The Labute approximate surface area is 177 Å². The van der Waals surface area contributed by atoms with Crippen LogP contribution in [0.2, 0.25) is 5.02 Å². The number of para-hydroxylation sites is 1. The van der Waals surface area contributed by atoms with E-state index in [1.165, 1.54) is 28.1 Å². The number of hydrogen-bond acceptors (Lipinski definition) is 4. The molecule has 2 aromatic rings. The number of carbonyl (C=O) groups excluding carboxylic acids is 1. The fraction of sp³-hybridized carbons (Fsp3) is 0.381. The van der Waals surface area contributed by atoms with Crippen molar-refractivity contribution in [3.05, 3.63) is 53.1 Å². The van der Waals surface area contributed by atoms with Gasteiger partial charge in [0, 0.05) is 25.3 Å². The third kappa shape index (κ3) is 4.27. The van der Waals surface area contributed by atoms with E-state index in [4.69, 9.17) is 11.6 Å². The number of sulfonamides is 1. The molecule has 0 aromatic heterocycles. The zero-order chi connectivity index (χ0) is 21.2. The number of halogens is 1. The van der Waals surface area contributed by atoms with Crippen LogP contribution in [0, 0.1) is 0 Å². The maximum absolute atomic E-state index is 12.9. The minimum Gasteiger partial charge on any atom is -0.359 e. The van der Waals surface area contributed by atoms with Crippen molar-refractivity contribution in [3.8, 4) is 0 Å². The summed E-state index contributed by atoms with van der Waals surface area (Å²) in [6.45, 7) is 6.91. The van der Waals surface area contributed by atoms with Gasteiger partial charge in [-0.25, -0.2) is 8.42 Å². The molecular formula is C21H26ClN3O3S. The Bertz CT molecular complexity index is 1010. The minimum atomic E-state index is -3.64. The van der Waals surface area contributed by atoms with Crippen LogP contribution in [-0.4, -0.2) is 44.3 Å². The Morgan fingerprint density at radius 3 is 2.59 bits per heavy atom. The molecule has 0 aliphatic carbocycles. The number of fused-ring (bicyclic) bond motifs is 1. The predicted molar refractivity (Wildman–Crippen MR) is 117 cm³/mol. The van der Waals surface area contributed by atoms with Gasteiger partial charge >= 0.3 is 0 Å². The van der Waals surface area contributed by atoms with Crippen LogP contribution in [-0.2, 0) is 21.2 Å². The summed E-state index contributed by atoms with van der Waals surface area (Å²) in [7, 11) is -3.64. The lowest BCUT2D eigenvalue weighted by atomic mass is 10.1. The van der Waals surface area contributed by atoms with Crippen LogP contribution in [0.5, 0.6) is 0 Å². The Balaban J connectivity index is 1.82. The van der Waals surface area contributed by atoms with Crippen LogP contribution in [0.1, 0.15) is 26.3 Å². The smallest absolute Gasteiger partial charge is 0.246 e. The zero-order valence-electron chi connectivity index (χ0n) is 16.9. The summed E-state index contributed by atoms with van der Waals surface area (Å²) < 4.78 is 26.9. The zero-order valence-corrected chi connectivity index (χ0v) is 18.4. The SMILES string of the molecule is CCN(CC)S(=O)(=O)c1ccc(Cl)c(NC(=O)[C@@H](C)N2CCc3ccccc32)c1. The maximum Gasteiger partial charge on any atom is 0.246 e. The van der Waals surface area contributed by atoms with Crippen LogP contribution >= 0.6 is 11.6 Å². The quantitative estimate of drug-likeness (QED) is 0.718. The van der Waals surface area contributed by atoms with E-state index in [9.17, 15) is 13.2 Å². The number of nitrogens with zero attached hydrogens (tertiary/aromatic N) is 2. The largest absolute Gasteiger partial charge is 0.359 e. The molecular weight excluding hydrogens is 410 g/mol. The second kappa shape index (κ2) is 8.73. The van der Waals surface area contributed by atoms with Crippen molar-refractivity contribution in [2.24, 2.45) is 0 Å². The molecule has 0 fully saturated rings. The number of carbonyl (C=O) groups is 1. The monoisotopic (exact) mass is 435 g/mol. The number of nitrogens with one attached hydrogen (secondary N) is 1. The molecule has 2 aromatic carbocycles. The lowest BCUT2D eigenvalue weighted by Gasteiger charge is -2.26. The number of anilines is 2. The van der Waals surface area contributed by atoms with Crippen LogP contribution in [0.4, 0.5) is 11.4 Å². The van der Waals surface area contributed by atoms with Crippen LogP contribution in [0.3, 0.4) is 0 Å². The summed E-state index contributed by atoms with van der Waals surface area (Å²) in [5, 5.41) is 3.11. The van der Waals surface area contributed by atoms with Gasteiger partial charge in [-0.15, -0.1) is 0 Å². The summed E-state index contributed by atoms with van der Waals surface area (Å²) in [5.41, 5.74) is 2.57. The van der Waals surface area contributed by atoms with Gasteiger partial charge in [-0.05, 0) is 43.2 Å². The first-order valence-corrected chi connectivity index (χ1v) is 11.6. The second-order valence-corrected chi connectivity index (χ2v) is 9.31. The highest BCUT2D eigenvalue weighted by atomic mass is 35.5. The van der Waals surface area contributed by atoms with E-state index >= 15 is 0 Å². The van der Waals surface area contributed by atoms with Gasteiger partial charge in [0.1, 0.15) is 6.04 Å². The molecule has 1 aliphatic heterocycles. The fourth-order valence-corrected chi connectivity index (χ4v) is 5.27. The molecule has 29 heavy (non-hydrogen) atoms. The maximum atomic E-state index is 12.9. The first-order chi connectivity index (χ1) is 13.8. The van der Waals surface area contributed by atoms with E-state index in [0.29, 0.717) is 23.8 Å². The molecule has 0 bridgehead atoms. The second-order valence-electron chi connectivity index (χ2n) is 6.97. The van der Waals surface area contributed by atoms with E-state index in [1.807, 2.05) is 25.1 Å². The normalized spacial score (nSPS) is 14.7. The molecule has 1 N–H and O–H groups in total. The molecule has 0 radical (unpaired) electrons. The van der Waals surface area contributed by atoms with Gasteiger partial charge in [0.15, 0.2) is 0 Å². The van der Waals surface area contributed by atoms with Crippen molar-refractivity contribution >= 4 is 38.9 Å². The first-order valence-electron chi connectivity index (χ1n) is 9.74. The van der Waals surface area contributed by atoms with Crippen LogP contribution < -0.4 is 10.2 Å². The van der Waals surface area contributed by atoms with Crippen LogP contribution in [0.25, 0.3) is 0 Å². The molecule has 6 nitrogen and oxygen atoms in total. The van der Waals surface area contributed by atoms with Crippen molar-refractivity contribution in [1.29, 1.82) is 0 Å². The Kier molecular flexibility index (Phi) is 6.51. The average Bonchev–Trinajstić information content (AvgIpc) is 3.13. The lowest BCUT2D eigenvalue weighted by molar-refractivity contribution is -0.117. The molecule has 0 saturated heterocycles. The number of amides is 1. The molecule has 156 valence electrons. The molecule has 1 amide bonds. The third-order valence-electron chi connectivity index (χ3n) is 5.31. The highest BCUT2D eigenvalue weighted by Crippen LogP contribution is 2.31. The molecule has 1 aliphatic rings. The first kappa shape index (κ1) is 21.6. The minimum absolute atomic E-state index is 0.111. The van der Waals surface area contributed by atoms with E-state index in [-0.39, 0.29) is 10.8 Å². The third-order valence-corrected chi connectivity index (χ3v) is 7.68. The molecule has 0 saturated carbocycles. The van der Waals surface area contributed by atoms with Crippen molar-refractivity contribution in [3.63, 3.8) is 0 Å². The van der Waals surface area contributed by atoms with Crippen molar-refractivity contribution in [2.75, 3.05) is 29.9 Å². The highest BCUT2D eigenvalue weighted by molar-refractivity contribution is 7.89. The lowest BCUT2D eigenvalue weighted by Crippen LogP contribution is -2.41. The van der Waals surface area contributed by atoms with Crippen molar-refractivity contribution < 1.29 is 13.2 Å². The van der Waals surface area contributed by atoms with Gasteiger partial charge in [-0.2, -0.15) is 4.31 Å². The number of hydrogen-bond donors (Lipinski definition) is 1.